The highest BCUT2D eigenvalue weighted by Crippen LogP contribution is 2.03. The zero-order valence-corrected chi connectivity index (χ0v) is 7.87. The van der Waals surface area contributed by atoms with Crippen LogP contribution in [-0.4, -0.2) is 18.2 Å². The third kappa shape index (κ3) is 2.42. The van der Waals surface area contributed by atoms with Crippen molar-refractivity contribution in [1.29, 1.82) is 0 Å². The second-order valence-electron chi connectivity index (χ2n) is 2.11. The summed E-state index contributed by atoms with van der Waals surface area (Å²) in [6.07, 6.45) is 3.57. The highest BCUT2D eigenvalue weighted by atomic mass is 79.9. The molecule has 11 heavy (non-hydrogen) atoms. The predicted octanol–water partition coefficient (Wildman–Crippen LogP) is 2.03. The molecule has 58 valence electrons. The third-order valence-corrected chi connectivity index (χ3v) is 1.91. The van der Waals surface area contributed by atoms with E-state index in [2.05, 4.69) is 25.9 Å². The Labute approximate surface area is 74.5 Å². The maximum absolute atomic E-state index is 4.16. The summed E-state index contributed by atoms with van der Waals surface area (Å²) in [5.74, 6) is 0. The summed E-state index contributed by atoms with van der Waals surface area (Å²) in [6, 6.07) is 3.97. The van der Waals surface area contributed by atoms with Gasteiger partial charge in [-0.2, -0.15) is 0 Å². The molecule has 0 fully saturated rings. The quantitative estimate of drug-likeness (QED) is 0.545. The van der Waals surface area contributed by atoms with E-state index in [9.17, 15) is 0 Å². The normalized spacial score (nSPS) is 10.7. The van der Waals surface area contributed by atoms with E-state index in [1.54, 1.807) is 13.3 Å². The van der Waals surface area contributed by atoms with Gasteiger partial charge < -0.3 is 0 Å². The molecular formula is C8H9BrN2. The first-order chi connectivity index (χ1) is 5.36. The van der Waals surface area contributed by atoms with Crippen molar-refractivity contribution in [3.05, 3.63) is 29.6 Å². The van der Waals surface area contributed by atoms with Crippen molar-refractivity contribution in [1.82, 2.24) is 4.98 Å². The number of nitrogens with zero attached hydrogens (tertiary/aromatic N) is 2. The average Bonchev–Trinajstić information content (AvgIpc) is 2.07. The Morgan fingerprint density at radius 1 is 1.64 bits per heavy atom. The van der Waals surface area contributed by atoms with E-state index in [4.69, 9.17) is 0 Å². The van der Waals surface area contributed by atoms with Crippen LogP contribution in [0.5, 0.6) is 0 Å². The molecule has 0 radical (unpaired) electrons. The van der Waals surface area contributed by atoms with Crippen LogP contribution in [0.2, 0.25) is 0 Å². The van der Waals surface area contributed by atoms with E-state index in [1.807, 2.05) is 18.3 Å². The molecule has 0 atom stereocenters. The van der Waals surface area contributed by atoms with Gasteiger partial charge in [0.2, 0.25) is 0 Å². The van der Waals surface area contributed by atoms with Gasteiger partial charge in [0, 0.05) is 24.8 Å². The number of pyridine rings is 1. The van der Waals surface area contributed by atoms with Crippen LogP contribution in [0.3, 0.4) is 0 Å². The van der Waals surface area contributed by atoms with Crippen LogP contribution in [-0.2, 0) is 5.33 Å². The second-order valence-corrected chi connectivity index (χ2v) is 2.67. The van der Waals surface area contributed by atoms with Gasteiger partial charge in [0.15, 0.2) is 0 Å². The first-order valence-electron chi connectivity index (χ1n) is 3.30. The summed E-state index contributed by atoms with van der Waals surface area (Å²) < 4.78 is 0. The van der Waals surface area contributed by atoms with Crippen molar-refractivity contribution >= 4 is 22.1 Å². The van der Waals surface area contributed by atoms with Crippen LogP contribution in [0.4, 0.5) is 0 Å². The molecule has 0 amide bonds. The van der Waals surface area contributed by atoms with Crippen LogP contribution in [0.1, 0.15) is 11.3 Å². The van der Waals surface area contributed by atoms with Crippen LogP contribution in [0, 0.1) is 0 Å². The maximum atomic E-state index is 4.16. The lowest BCUT2D eigenvalue weighted by molar-refractivity contribution is 1.24. The fourth-order valence-electron chi connectivity index (χ4n) is 0.724. The summed E-state index contributed by atoms with van der Waals surface area (Å²) in [5, 5.41) is 0.851. The molecule has 0 aromatic carbocycles. The van der Waals surface area contributed by atoms with Crippen LogP contribution >= 0.6 is 15.9 Å². The van der Waals surface area contributed by atoms with Crippen molar-refractivity contribution in [2.24, 2.45) is 4.99 Å². The Balaban J connectivity index is 2.82. The van der Waals surface area contributed by atoms with Crippen molar-refractivity contribution in [3.8, 4) is 0 Å². The highest BCUT2D eigenvalue weighted by molar-refractivity contribution is 9.08. The Kier molecular flexibility index (Phi) is 3.23. The monoisotopic (exact) mass is 212 g/mol. The van der Waals surface area contributed by atoms with Gasteiger partial charge >= 0.3 is 0 Å². The molecule has 1 heterocycles. The topological polar surface area (TPSA) is 25.2 Å². The van der Waals surface area contributed by atoms with Crippen molar-refractivity contribution in [2.75, 3.05) is 7.05 Å². The molecule has 0 saturated heterocycles. The van der Waals surface area contributed by atoms with Gasteiger partial charge in [0.25, 0.3) is 0 Å². The number of aliphatic imine (C=N–C) groups is 1. The fourth-order valence-corrected chi connectivity index (χ4v) is 1.06. The molecule has 1 aromatic heterocycles. The SMILES string of the molecule is CN=Cc1ccc(CBr)cn1. The first-order valence-corrected chi connectivity index (χ1v) is 4.42. The van der Waals surface area contributed by atoms with Gasteiger partial charge in [-0.05, 0) is 11.6 Å². The molecule has 0 unspecified atom stereocenters. The molecule has 0 saturated carbocycles. The molecule has 1 aromatic rings. The van der Waals surface area contributed by atoms with E-state index in [0.29, 0.717) is 0 Å². The highest BCUT2D eigenvalue weighted by Gasteiger charge is 1.90. The van der Waals surface area contributed by atoms with Gasteiger partial charge in [-0.25, -0.2) is 0 Å². The molecule has 0 bridgehead atoms. The predicted molar refractivity (Wildman–Crippen MR) is 50.4 cm³/mol. The number of halogens is 1. The first kappa shape index (κ1) is 8.40. The summed E-state index contributed by atoms with van der Waals surface area (Å²) in [7, 11) is 1.74. The largest absolute Gasteiger partial charge is 0.294 e. The van der Waals surface area contributed by atoms with Crippen molar-refractivity contribution in [2.45, 2.75) is 5.33 Å². The maximum Gasteiger partial charge on any atom is 0.0807 e. The number of rotatable bonds is 2. The third-order valence-electron chi connectivity index (χ3n) is 1.26. The van der Waals surface area contributed by atoms with Crippen molar-refractivity contribution in [3.63, 3.8) is 0 Å². The summed E-state index contributed by atoms with van der Waals surface area (Å²) >= 11 is 3.35. The Hall–Kier alpha value is -0.700. The van der Waals surface area contributed by atoms with Gasteiger partial charge in [-0.3, -0.25) is 9.98 Å². The number of aromatic nitrogens is 1. The minimum absolute atomic E-state index is 0.851. The molecule has 1 rings (SSSR count). The average molecular weight is 213 g/mol. The lowest BCUT2D eigenvalue weighted by atomic mass is 10.3. The Morgan fingerprint density at radius 2 is 2.45 bits per heavy atom. The van der Waals surface area contributed by atoms with Gasteiger partial charge in [-0.1, -0.05) is 22.0 Å². The van der Waals surface area contributed by atoms with Gasteiger partial charge in [-0.15, -0.1) is 0 Å². The minimum atomic E-state index is 0.851. The Bertz CT molecular complexity index is 241. The minimum Gasteiger partial charge on any atom is -0.294 e. The van der Waals surface area contributed by atoms with Crippen LogP contribution in [0.25, 0.3) is 0 Å². The molecule has 0 aliphatic heterocycles. The molecule has 0 aliphatic rings. The van der Waals surface area contributed by atoms with Gasteiger partial charge in [0.05, 0.1) is 5.69 Å². The number of hydrogen-bond acceptors (Lipinski definition) is 2. The van der Waals surface area contributed by atoms with E-state index in [1.165, 1.54) is 5.56 Å². The molecule has 3 heteroatoms. The standard InChI is InChI=1S/C8H9BrN2/c1-10-6-8-3-2-7(4-9)5-11-8/h2-3,5-6H,4H2,1H3. The summed E-state index contributed by atoms with van der Waals surface area (Å²) in [4.78, 5) is 8.02. The molecule has 0 spiro atoms. The smallest absolute Gasteiger partial charge is 0.0807 e. The zero-order valence-electron chi connectivity index (χ0n) is 6.29. The molecule has 0 N–H and O–H groups in total. The van der Waals surface area contributed by atoms with Crippen molar-refractivity contribution < 1.29 is 0 Å². The number of alkyl halides is 1. The molecular weight excluding hydrogens is 204 g/mol. The molecule has 2 nitrogen and oxygen atoms in total. The summed E-state index contributed by atoms with van der Waals surface area (Å²) in [6.45, 7) is 0. The van der Waals surface area contributed by atoms with E-state index in [-0.39, 0.29) is 0 Å². The van der Waals surface area contributed by atoms with Crippen LogP contribution < -0.4 is 0 Å². The van der Waals surface area contributed by atoms with Gasteiger partial charge in [0.1, 0.15) is 0 Å². The van der Waals surface area contributed by atoms with Crippen LogP contribution in [0.15, 0.2) is 23.3 Å². The summed E-state index contributed by atoms with van der Waals surface area (Å²) in [5.41, 5.74) is 2.08. The number of hydrogen-bond donors (Lipinski definition) is 0. The van der Waals surface area contributed by atoms with E-state index in [0.717, 1.165) is 11.0 Å². The second kappa shape index (κ2) is 4.23. The lowest BCUT2D eigenvalue weighted by Gasteiger charge is -1.93. The zero-order chi connectivity index (χ0) is 8.10. The van der Waals surface area contributed by atoms with E-state index >= 15 is 0 Å². The molecule has 0 aliphatic carbocycles. The lowest BCUT2D eigenvalue weighted by Crippen LogP contribution is -1.87. The fraction of sp³-hybridized carbons (Fsp3) is 0.250. The Morgan fingerprint density at radius 3 is 2.91 bits per heavy atom. The van der Waals surface area contributed by atoms with E-state index < -0.39 is 0 Å².